The fraction of sp³-hybridized carbons (Fsp3) is 0.182. The van der Waals surface area contributed by atoms with Crippen LogP contribution in [-0.4, -0.2) is 25.7 Å². The van der Waals surface area contributed by atoms with Crippen molar-refractivity contribution in [2.24, 2.45) is 0 Å². The van der Waals surface area contributed by atoms with E-state index in [9.17, 15) is 4.79 Å². The van der Waals surface area contributed by atoms with E-state index in [1.165, 1.54) is 11.3 Å². The molecule has 6 nitrogen and oxygen atoms in total. The number of aromatic nitrogens is 4. The normalized spacial score (nSPS) is 10.9. The van der Waals surface area contributed by atoms with Crippen LogP contribution in [0.5, 0.6) is 0 Å². The maximum Gasteiger partial charge on any atom is 0.231 e. The number of hydrogen-bond acceptors (Lipinski definition) is 6. The van der Waals surface area contributed by atoms with Gasteiger partial charge in [-0.05, 0) is 37.1 Å². The number of thioether (sulfide) groups is 1. The van der Waals surface area contributed by atoms with E-state index >= 15 is 0 Å². The van der Waals surface area contributed by atoms with Crippen LogP contribution in [0.15, 0.2) is 65.4 Å². The minimum atomic E-state index is -0.0582. The van der Waals surface area contributed by atoms with Crippen molar-refractivity contribution in [3.8, 4) is 5.69 Å². The summed E-state index contributed by atoms with van der Waals surface area (Å²) in [5.41, 5.74) is 5.04. The molecule has 0 bridgehead atoms. The molecule has 1 N–H and O–H groups in total. The number of hydrogen-bond donors (Lipinski definition) is 1. The third-order valence-corrected chi connectivity index (χ3v) is 6.45. The zero-order chi connectivity index (χ0) is 20.9. The molecule has 8 heteroatoms. The van der Waals surface area contributed by atoms with Gasteiger partial charge in [0, 0.05) is 16.8 Å². The summed E-state index contributed by atoms with van der Waals surface area (Å²) >= 11 is 3.08. The number of carbonyl (C=O) groups excluding carboxylic acids is 1. The summed E-state index contributed by atoms with van der Waals surface area (Å²) in [4.78, 5) is 17.0. The average Bonchev–Trinajstić information content (AvgIpc) is 3.38. The molecule has 1 amide bonds. The lowest BCUT2D eigenvalue weighted by Crippen LogP contribution is -2.15. The second-order valence-corrected chi connectivity index (χ2v) is 8.72. The molecule has 2 aromatic heterocycles. The van der Waals surface area contributed by atoms with Crippen LogP contribution in [0.2, 0.25) is 0 Å². The Balaban J connectivity index is 1.37. The van der Waals surface area contributed by atoms with Crippen LogP contribution in [0.3, 0.4) is 0 Å². The molecule has 0 unspecified atom stereocenters. The zero-order valence-corrected chi connectivity index (χ0v) is 18.3. The van der Waals surface area contributed by atoms with Gasteiger partial charge in [-0.2, -0.15) is 0 Å². The van der Waals surface area contributed by atoms with Crippen molar-refractivity contribution in [2.75, 3.05) is 5.32 Å². The first-order chi connectivity index (χ1) is 14.6. The first-order valence-electron chi connectivity index (χ1n) is 9.48. The number of carbonyl (C=O) groups is 1. The first kappa shape index (κ1) is 20.3. The minimum absolute atomic E-state index is 0.0582. The van der Waals surface area contributed by atoms with E-state index in [1.54, 1.807) is 18.1 Å². The van der Waals surface area contributed by atoms with Gasteiger partial charge in [0.1, 0.15) is 11.3 Å². The quantitative estimate of drug-likeness (QED) is 0.422. The summed E-state index contributed by atoms with van der Waals surface area (Å²) in [5, 5.41) is 14.9. The molecule has 0 aliphatic carbocycles. The number of amides is 1. The molecule has 4 rings (SSSR count). The molecular formula is C22H21N5OS2. The molecular weight excluding hydrogens is 414 g/mol. The molecule has 0 aliphatic heterocycles. The van der Waals surface area contributed by atoms with Crippen LogP contribution in [0.4, 0.5) is 5.69 Å². The molecule has 0 saturated heterocycles. The van der Waals surface area contributed by atoms with E-state index in [4.69, 9.17) is 0 Å². The SMILES string of the molecule is Cc1ccccc1NC(=O)Cc1nc(CSc2nncn2-c2ccccc2C)cs1. The topological polar surface area (TPSA) is 72.7 Å². The molecule has 0 saturated carbocycles. The maximum absolute atomic E-state index is 12.4. The predicted molar refractivity (Wildman–Crippen MR) is 121 cm³/mol. The molecule has 0 atom stereocenters. The number of nitrogens with zero attached hydrogens (tertiary/aromatic N) is 4. The number of rotatable bonds is 7. The van der Waals surface area contributed by atoms with E-state index in [-0.39, 0.29) is 12.3 Å². The Morgan fingerprint density at radius 1 is 1.10 bits per heavy atom. The van der Waals surface area contributed by atoms with Crippen LogP contribution in [0.25, 0.3) is 5.69 Å². The Hall–Kier alpha value is -2.97. The van der Waals surface area contributed by atoms with Crippen molar-refractivity contribution in [1.29, 1.82) is 0 Å². The van der Waals surface area contributed by atoms with Gasteiger partial charge in [-0.3, -0.25) is 9.36 Å². The number of para-hydroxylation sites is 2. The summed E-state index contributed by atoms with van der Waals surface area (Å²) < 4.78 is 1.99. The minimum Gasteiger partial charge on any atom is -0.325 e. The standard InChI is InChI=1S/C22H21N5OS2/c1-15-7-3-5-9-18(15)25-20(28)11-21-24-17(12-29-21)13-30-22-26-23-14-27(22)19-10-6-4-8-16(19)2/h3-10,12,14H,11,13H2,1-2H3,(H,25,28). The van der Waals surface area contributed by atoms with Gasteiger partial charge in [-0.25, -0.2) is 4.98 Å². The number of thiazole rings is 1. The highest BCUT2D eigenvalue weighted by molar-refractivity contribution is 7.98. The second-order valence-electron chi connectivity index (χ2n) is 6.83. The van der Waals surface area contributed by atoms with Crippen molar-refractivity contribution in [1.82, 2.24) is 19.7 Å². The third-order valence-electron chi connectivity index (χ3n) is 4.57. The van der Waals surface area contributed by atoms with Crippen LogP contribution in [0.1, 0.15) is 21.8 Å². The van der Waals surface area contributed by atoms with E-state index in [1.807, 2.05) is 53.3 Å². The number of nitrogens with one attached hydrogen (secondary N) is 1. The average molecular weight is 436 g/mol. The smallest absolute Gasteiger partial charge is 0.231 e. The van der Waals surface area contributed by atoms with Gasteiger partial charge in [-0.15, -0.1) is 21.5 Å². The van der Waals surface area contributed by atoms with E-state index < -0.39 is 0 Å². The first-order valence-corrected chi connectivity index (χ1v) is 11.3. The molecule has 30 heavy (non-hydrogen) atoms. The highest BCUT2D eigenvalue weighted by Crippen LogP contribution is 2.25. The van der Waals surface area contributed by atoms with E-state index in [0.717, 1.165) is 38.4 Å². The van der Waals surface area contributed by atoms with Gasteiger partial charge < -0.3 is 5.32 Å². The molecule has 0 radical (unpaired) electrons. The Morgan fingerprint density at radius 3 is 2.67 bits per heavy atom. The zero-order valence-electron chi connectivity index (χ0n) is 16.7. The van der Waals surface area contributed by atoms with Crippen LogP contribution < -0.4 is 5.32 Å². The van der Waals surface area contributed by atoms with Gasteiger partial charge in [0.05, 0.1) is 17.8 Å². The van der Waals surface area contributed by atoms with Gasteiger partial charge in [0.2, 0.25) is 5.91 Å². The van der Waals surface area contributed by atoms with Crippen LogP contribution >= 0.6 is 23.1 Å². The van der Waals surface area contributed by atoms with E-state index in [2.05, 4.69) is 39.6 Å². The highest BCUT2D eigenvalue weighted by Gasteiger charge is 2.12. The Kier molecular flexibility index (Phi) is 6.25. The molecule has 0 fully saturated rings. The van der Waals surface area contributed by atoms with Gasteiger partial charge >= 0.3 is 0 Å². The lowest BCUT2D eigenvalue weighted by molar-refractivity contribution is -0.115. The third kappa shape index (κ3) is 4.77. The van der Waals surface area contributed by atoms with Gasteiger partial charge in [-0.1, -0.05) is 48.2 Å². The fourth-order valence-electron chi connectivity index (χ4n) is 3.00. The lowest BCUT2D eigenvalue weighted by Gasteiger charge is -2.08. The Bertz CT molecular complexity index is 1170. The van der Waals surface area contributed by atoms with Crippen molar-refractivity contribution in [3.05, 3.63) is 82.1 Å². The number of aryl methyl sites for hydroxylation is 2. The monoisotopic (exact) mass is 435 g/mol. The maximum atomic E-state index is 12.4. The molecule has 0 aliphatic rings. The summed E-state index contributed by atoms with van der Waals surface area (Å²) in [6.45, 7) is 4.04. The molecule has 2 aromatic carbocycles. The van der Waals surface area contributed by atoms with E-state index in [0.29, 0.717) is 5.75 Å². The van der Waals surface area contributed by atoms with Crippen molar-refractivity contribution >= 4 is 34.7 Å². The van der Waals surface area contributed by atoms with Crippen molar-refractivity contribution < 1.29 is 4.79 Å². The summed E-state index contributed by atoms with van der Waals surface area (Å²) in [6, 6.07) is 15.9. The summed E-state index contributed by atoms with van der Waals surface area (Å²) in [7, 11) is 0. The number of anilines is 1. The van der Waals surface area contributed by atoms with Gasteiger partial charge in [0.15, 0.2) is 5.16 Å². The molecule has 0 spiro atoms. The van der Waals surface area contributed by atoms with Crippen LogP contribution in [-0.2, 0) is 17.0 Å². The Labute approximate surface area is 183 Å². The molecule has 2 heterocycles. The van der Waals surface area contributed by atoms with Crippen molar-refractivity contribution in [3.63, 3.8) is 0 Å². The van der Waals surface area contributed by atoms with Crippen molar-refractivity contribution in [2.45, 2.75) is 31.2 Å². The predicted octanol–water partition coefficient (Wildman–Crippen LogP) is 4.81. The summed E-state index contributed by atoms with van der Waals surface area (Å²) in [5.74, 6) is 0.609. The van der Waals surface area contributed by atoms with Crippen LogP contribution in [0, 0.1) is 13.8 Å². The molecule has 4 aromatic rings. The summed E-state index contributed by atoms with van der Waals surface area (Å²) in [6.07, 6.45) is 2.00. The largest absolute Gasteiger partial charge is 0.325 e. The lowest BCUT2D eigenvalue weighted by atomic mass is 10.2. The highest BCUT2D eigenvalue weighted by atomic mass is 32.2. The molecule has 152 valence electrons. The number of benzene rings is 2. The second kappa shape index (κ2) is 9.23. The van der Waals surface area contributed by atoms with Gasteiger partial charge in [0.25, 0.3) is 0 Å². The fourth-order valence-corrected chi connectivity index (χ4v) is 4.71. The Morgan fingerprint density at radius 2 is 1.87 bits per heavy atom.